The largest absolute Gasteiger partial charge is 1.00 e. The number of hydrogen-bond acceptors (Lipinski definition) is 7. The molecule has 0 aliphatic carbocycles. The van der Waals surface area contributed by atoms with E-state index in [1.165, 1.54) is 18.4 Å². The molecule has 36 heavy (non-hydrogen) atoms. The van der Waals surface area contributed by atoms with Crippen LogP contribution in [0.1, 0.15) is 49.0 Å². The summed E-state index contributed by atoms with van der Waals surface area (Å²) in [4.78, 5) is 14.7. The summed E-state index contributed by atoms with van der Waals surface area (Å²) in [6.07, 6.45) is 2.42. The number of Topliss-reactive ketones (excluding diaryl/α,β-unsaturated/α-hetero) is 1. The van der Waals surface area contributed by atoms with Gasteiger partial charge < -0.3 is 20.4 Å². The first kappa shape index (κ1) is 29.4. The van der Waals surface area contributed by atoms with Crippen molar-refractivity contribution >= 4 is 18.4 Å². The van der Waals surface area contributed by atoms with E-state index in [0.717, 1.165) is 57.2 Å². The number of carbonyl (C=O) groups excluding carboxylic acids is 1. The van der Waals surface area contributed by atoms with Crippen LogP contribution in [-0.4, -0.2) is 69.6 Å². The Kier molecular flexibility index (Phi) is 14.8. The predicted octanol–water partition coefficient (Wildman–Crippen LogP) is 1.26. The molecule has 0 amide bonds. The van der Waals surface area contributed by atoms with E-state index < -0.39 is 0 Å². The Morgan fingerprint density at radius 2 is 1.56 bits per heavy atom. The first-order chi connectivity index (χ1) is 17.7. The number of hydrogen-bond donors (Lipinski definition) is 1. The molecule has 0 N–H and O–H groups in total. The van der Waals surface area contributed by atoms with Gasteiger partial charge in [-0.15, -0.1) is 0 Å². The Morgan fingerprint density at radius 3 is 2.11 bits per heavy atom. The van der Waals surface area contributed by atoms with E-state index in [-0.39, 0.29) is 49.3 Å². The number of carbonyl (C=O) groups is 1. The molecule has 0 atom stereocenters. The third-order valence-corrected chi connectivity index (χ3v) is 5.68. The predicted molar refractivity (Wildman–Crippen MR) is 141 cm³/mol. The minimum Gasteiger partial charge on any atom is -1.00 e. The summed E-state index contributed by atoms with van der Waals surface area (Å²) in [5.41, 5.74) is 3.56. The van der Waals surface area contributed by atoms with E-state index in [2.05, 4.69) is 41.5 Å². The van der Waals surface area contributed by atoms with Crippen LogP contribution in [0, 0.1) is 11.8 Å². The molecular weight excluding hydrogens is 485 g/mol. The van der Waals surface area contributed by atoms with Crippen LogP contribution in [0.5, 0.6) is 0 Å². The topological polar surface area (TPSA) is 57.2 Å². The molecule has 8 heteroatoms. The van der Waals surface area contributed by atoms with E-state index >= 15 is 0 Å². The molecule has 190 valence electrons. The first-order valence-corrected chi connectivity index (χ1v) is 12.6. The zero-order valence-electron chi connectivity index (χ0n) is 23.1. The van der Waals surface area contributed by atoms with Gasteiger partial charge in [0.2, 0.25) is 5.78 Å². The van der Waals surface area contributed by atoms with Crippen molar-refractivity contribution in [2.24, 2.45) is 0 Å². The SMILES string of the molecule is C1CCOC1.O=C(C#Cc1ccc(CN2CCOCC2)cc1)c1ccc(C2OCCO2)cc1.[2H]CS.[H-].[Na+]. The molecule has 3 heterocycles. The first-order valence-electron chi connectivity index (χ1n) is 12.7. The molecule has 3 fully saturated rings. The quantitative estimate of drug-likeness (QED) is 0.283. The summed E-state index contributed by atoms with van der Waals surface area (Å²) in [6, 6.07) is 15.3. The second-order valence-corrected chi connectivity index (χ2v) is 8.18. The van der Waals surface area contributed by atoms with E-state index in [0.29, 0.717) is 18.8 Å². The van der Waals surface area contributed by atoms with Crippen LogP contribution in [0.2, 0.25) is 0 Å². The molecule has 0 aromatic heterocycles. The summed E-state index contributed by atoms with van der Waals surface area (Å²) in [7, 11) is 0. The summed E-state index contributed by atoms with van der Waals surface area (Å²) in [5, 5.41) is 0. The number of benzene rings is 2. The number of rotatable bonds is 4. The zero-order chi connectivity index (χ0) is 25.4. The van der Waals surface area contributed by atoms with Crippen molar-refractivity contribution in [2.45, 2.75) is 25.7 Å². The zero-order valence-corrected chi connectivity index (χ0v) is 24.0. The van der Waals surface area contributed by atoms with Gasteiger partial charge in [0.05, 0.1) is 26.4 Å². The minimum absolute atomic E-state index is 0. The molecule has 0 unspecified atom stereocenters. The number of ketones is 1. The van der Waals surface area contributed by atoms with E-state index in [4.69, 9.17) is 20.3 Å². The Balaban J connectivity index is 0.000000629. The Morgan fingerprint density at radius 1 is 0.972 bits per heavy atom. The standard InChI is InChI=1S/C23H23NO4.C4H8O.CH4S.Na.H/c25-22(20-6-8-21(9-7-20)23-27-15-16-28-23)10-5-18-1-3-19(4-2-18)17-24-11-13-26-14-12-24;1-2-4-5-3-1;1-2;;/h1-4,6-9,23H,11-17H2;1-4H2;2H,1H3;;/q;;;+1;-1/i;;1D;;. The Labute approximate surface area is 245 Å². The van der Waals surface area contributed by atoms with Crippen molar-refractivity contribution in [1.29, 1.82) is 0 Å². The van der Waals surface area contributed by atoms with Crippen molar-refractivity contribution in [3.8, 4) is 11.8 Å². The van der Waals surface area contributed by atoms with E-state index in [1.54, 1.807) is 12.1 Å². The molecule has 5 rings (SSSR count). The molecule has 0 bridgehead atoms. The van der Waals surface area contributed by atoms with Gasteiger partial charge in [0.1, 0.15) is 0 Å². The second kappa shape index (κ2) is 18.1. The summed E-state index contributed by atoms with van der Waals surface area (Å²) >= 11 is 3.46. The summed E-state index contributed by atoms with van der Waals surface area (Å²) < 4.78 is 27.3. The van der Waals surface area contributed by atoms with Crippen LogP contribution in [-0.2, 0) is 25.5 Å². The summed E-state index contributed by atoms with van der Waals surface area (Å²) in [5.74, 6) is 5.49. The Bertz CT molecular complexity index is 962. The van der Waals surface area contributed by atoms with Crippen molar-refractivity contribution in [2.75, 3.05) is 59.0 Å². The normalized spacial score (nSPS) is 17.8. The van der Waals surface area contributed by atoms with Gasteiger partial charge in [-0.05, 0) is 54.8 Å². The third-order valence-electron chi connectivity index (χ3n) is 5.68. The average molecular weight is 523 g/mol. The third kappa shape index (κ3) is 10.7. The maximum atomic E-state index is 12.3. The molecular formula is C28H36NNaO5S. The van der Waals surface area contributed by atoms with Crippen LogP contribution < -0.4 is 29.6 Å². The maximum Gasteiger partial charge on any atom is 1.00 e. The van der Waals surface area contributed by atoms with Crippen LogP contribution in [0.15, 0.2) is 48.5 Å². The molecule has 2 aromatic rings. The van der Waals surface area contributed by atoms with E-state index in [9.17, 15) is 4.79 Å². The molecule has 3 aliphatic rings. The fourth-order valence-corrected chi connectivity index (χ4v) is 3.76. The van der Waals surface area contributed by atoms with Gasteiger partial charge in [-0.2, -0.15) is 12.6 Å². The molecule has 3 saturated heterocycles. The molecule has 6 nitrogen and oxygen atoms in total. The molecule has 0 saturated carbocycles. The molecule has 3 aliphatic heterocycles. The molecule has 0 radical (unpaired) electrons. The van der Waals surface area contributed by atoms with Crippen molar-refractivity contribution in [1.82, 2.24) is 4.90 Å². The molecule has 2 aromatic carbocycles. The second-order valence-electron chi connectivity index (χ2n) is 8.18. The fraction of sp³-hybridized carbons (Fsp3) is 0.464. The number of nitrogens with zero attached hydrogens (tertiary/aromatic N) is 1. The Hall–Kier alpha value is -1.18. The van der Waals surface area contributed by atoms with Crippen molar-refractivity contribution in [3.63, 3.8) is 0 Å². The van der Waals surface area contributed by atoms with Gasteiger partial charge in [0.25, 0.3) is 0 Å². The van der Waals surface area contributed by atoms with E-state index in [1.807, 2.05) is 24.3 Å². The minimum atomic E-state index is -0.328. The number of morpholine rings is 1. The fourth-order valence-electron chi connectivity index (χ4n) is 3.76. The van der Waals surface area contributed by atoms with Gasteiger partial charge in [-0.3, -0.25) is 9.69 Å². The maximum absolute atomic E-state index is 12.3. The van der Waals surface area contributed by atoms with Gasteiger partial charge in [0, 0.05) is 50.9 Å². The van der Waals surface area contributed by atoms with Gasteiger partial charge in [-0.1, -0.05) is 30.2 Å². The van der Waals surface area contributed by atoms with Crippen molar-refractivity contribution in [3.05, 3.63) is 70.8 Å². The van der Waals surface area contributed by atoms with Crippen LogP contribution in [0.25, 0.3) is 0 Å². The van der Waals surface area contributed by atoms with Gasteiger partial charge >= 0.3 is 29.6 Å². The van der Waals surface area contributed by atoms with Crippen LogP contribution in [0.4, 0.5) is 0 Å². The van der Waals surface area contributed by atoms with Gasteiger partial charge in [-0.25, -0.2) is 0 Å². The van der Waals surface area contributed by atoms with Gasteiger partial charge in [0.15, 0.2) is 6.29 Å². The number of ether oxygens (including phenoxy) is 4. The smallest absolute Gasteiger partial charge is 1.00 e. The van der Waals surface area contributed by atoms with Crippen LogP contribution in [0.3, 0.4) is 0 Å². The number of thiol groups is 1. The van der Waals surface area contributed by atoms with Crippen LogP contribution >= 0.6 is 12.6 Å². The van der Waals surface area contributed by atoms with Crippen molar-refractivity contribution < 1.29 is 56.1 Å². The molecule has 0 spiro atoms. The average Bonchev–Trinajstić information content (AvgIpc) is 3.67. The monoisotopic (exact) mass is 522 g/mol. The summed E-state index contributed by atoms with van der Waals surface area (Å²) in [6.45, 7) is 7.64.